The van der Waals surface area contributed by atoms with Crippen LogP contribution in [0.4, 0.5) is 0 Å². The summed E-state index contributed by atoms with van der Waals surface area (Å²) in [5.74, 6) is 0. The lowest BCUT2D eigenvalue weighted by atomic mass is 9.99. The average molecular weight is 338 g/mol. The number of hydrogen-bond donors (Lipinski definition) is 1. The van der Waals surface area contributed by atoms with Crippen LogP contribution < -0.4 is 0 Å². The molecular formula is C12H23IN2O. The average Bonchev–Trinajstić information content (AvgIpc) is 2.30. The van der Waals surface area contributed by atoms with Crippen LogP contribution >= 0.6 is 22.6 Å². The van der Waals surface area contributed by atoms with Crippen LogP contribution in [0.3, 0.4) is 0 Å². The van der Waals surface area contributed by atoms with Crippen LogP contribution in [-0.4, -0.2) is 57.3 Å². The molecule has 0 saturated carbocycles. The topological polar surface area (TPSA) is 26.7 Å². The summed E-state index contributed by atoms with van der Waals surface area (Å²) in [7, 11) is 0. The van der Waals surface area contributed by atoms with Crippen LogP contribution in [0.25, 0.3) is 0 Å². The molecule has 3 nitrogen and oxygen atoms in total. The van der Waals surface area contributed by atoms with Crippen molar-refractivity contribution in [1.82, 2.24) is 9.80 Å². The van der Waals surface area contributed by atoms with Crippen LogP contribution in [-0.2, 0) is 0 Å². The van der Waals surface area contributed by atoms with Crippen LogP contribution in [0.15, 0.2) is 0 Å². The maximum atomic E-state index is 9.50. The number of hydrogen-bond acceptors (Lipinski definition) is 3. The van der Waals surface area contributed by atoms with E-state index in [2.05, 4.69) is 39.3 Å². The standard InChI is InChI=1S/C12H23IN2O/c1-10(13)14-6-2-11(3-7-14)15-8-4-12(16)5-9-15/h10-12,16H,2-9H2,1H3. The fourth-order valence-corrected chi connectivity index (χ4v) is 3.41. The van der Waals surface area contributed by atoms with Crippen molar-refractivity contribution < 1.29 is 5.11 Å². The minimum absolute atomic E-state index is 0.0364. The number of halogens is 1. The molecule has 4 heteroatoms. The molecular weight excluding hydrogens is 315 g/mol. The molecule has 2 rings (SSSR count). The van der Waals surface area contributed by atoms with Gasteiger partial charge in [0, 0.05) is 32.2 Å². The van der Waals surface area contributed by atoms with Gasteiger partial charge in [0.15, 0.2) is 0 Å². The van der Waals surface area contributed by atoms with E-state index < -0.39 is 0 Å². The van der Waals surface area contributed by atoms with Gasteiger partial charge in [-0.1, -0.05) is 22.6 Å². The van der Waals surface area contributed by atoms with Crippen molar-refractivity contribution in [3.8, 4) is 0 Å². The molecule has 1 unspecified atom stereocenters. The Hall–Kier alpha value is 0.610. The van der Waals surface area contributed by atoms with Gasteiger partial charge in [0.25, 0.3) is 0 Å². The zero-order valence-corrected chi connectivity index (χ0v) is 12.3. The molecule has 0 aromatic heterocycles. The minimum atomic E-state index is -0.0364. The molecule has 0 aromatic carbocycles. The first kappa shape index (κ1) is 13.1. The van der Waals surface area contributed by atoms with Gasteiger partial charge in [-0.05, 0) is 32.6 Å². The van der Waals surface area contributed by atoms with Crippen LogP contribution in [0.1, 0.15) is 32.6 Å². The second kappa shape index (κ2) is 5.98. The summed E-state index contributed by atoms with van der Waals surface area (Å²) in [5, 5.41) is 9.50. The maximum absolute atomic E-state index is 9.50. The molecule has 16 heavy (non-hydrogen) atoms. The van der Waals surface area contributed by atoms with Crippen molar-refractivity contribution in [3.63, 3.8) is 0 Å². The zero-order valence-electron chi connectivity index (χ0n) is 10.1. The monoisotopic (exact) mass is 338 g/mol. The van der Waals surface area contributed by atoms with Crippen molar-refractivity contribution in [3.05, 3.63) is 0 Å². The molecule has 0 aromatic rings. The van der Waals surface area contributed by atoms with Crippen molar-refractivity contribution in [1.29, 1.82) is 0 Å². The molecule has 1 atom stereocenters. The van der Waals surface area contributed by atoms with Crippen molar-refractivity contribution in [2.24, 2.45) is 0 Å². The summed E-state index contributed by atoms with van der Waals surface area (Å²) in [5.41, 5.74) is 0. The van der Waals surface area contributed by atoms with Gasteiger partial charge in [-0.3, -0.25) is 4.90 Å². The first-order valence-electron chi connectivity index (χ1n) is 6.47. The fraction of sp³-hybridized carbons (Fsp3) is 1.00. The Labute approximate surface area is 112 Å². The molecule has 0 radical (unpaired) electrons. The number of alkyl halides is 1. The van der Waals surface area contributed by atoms with Crippen LogP contribution in [0.5, 0.6) is 0 Å². The Kier molecular flexibility index (Phi) is 4.88. The van der Waals surface area contributed by atoms with Crippen LogP contribution in [0, 0.1) is 0 Å². The van der Waals surface area contributed by atoms with Crippen molar-refractivity contribution in [2.75, 3.05) is 26.2 Å². The smallest absolute Gasteiger partial charge is 0.0589 e. The Morgan fingerprint density at radius 2 is 1.62 bits per heavy atom. The number of likely N-dealkylation sites (tertiary alicyclic amines) is 2. The van der Waals surface area contributed by atoms with Gasteiger partial charge in [-0.15, -0.1) is 0 Å². The van der Waals surface area contributed by atoms with Gasteiger partial charge in [0.1, 0.15) is 0 Å². The predicted molar refractivity (Wildman–Crippen MR) is 74.9 cm³/mol. The van der Waals surface area contributed by atoms with Gasteiger partial charge >= 0.3 is 0 Å². The lowest BCUT2D eigenvalue weighted by molar-refractivity contribution is 0.0386. The molecule has 1 N–H and O–H groups in total. The first-order chi connectivity index (χ1) is 7.66. The van der Waals surface area contributed by atoms with E-state index in [1.165, 1.54) is 25.9 Å². The predicted octanol–water partition coefficient (Wildman–Crippen LogP) is 1.69. The maximum Gasteiger partial charge on any atom is 0.0589 e. The second-order valence-corrected chi connectivity index (χ2v) is 6.91. The molecule has 0 amide bonds. The molecule has 2 saturated heterocycles. The third-order valence-electron chi connectivity index (χ3n) is 4.02. The van der Waals surface area contributed by atoms with Crippen LogP contribution in [0.2, 0.25) is 0 Å². The summed E-state index contributed by atoms with van der Waals surface area (Å²) in [6, 6.07) is 0.777. The van der Waals surface area contributed by atoms with Gasteiger partial charge in [-0.2, -0.15) is 0 Å². The van der Waals surface area contributed by atoms with E-state index in [0.717, 1.165) is 32.0 Å². The third-order valence-corrected chi connectivity index (χ3v) is 4.81. The number of aliphatic hydroxyl groups excluding tert-OH is 1. The van der Waals surface area contributed by atoms with Gasteiger partial charge in [0.2, 0.25) is 0 Å². The highest BCUT2D eigenvalue weighted by Gasteiger charge is 2.28. The third kappa shape index (κ3) is 3.31. The number of rotatable bonds is 2. The lowest BCUT2D eigenvalue weighted by Gasteiger charge is -2.41. The Morgan fingerprint density at radius 3 is 2.12 bits per heavy atom. The first-order valence-corrected chi connectivity index (χ1v) is 7.71. The summed E-state index contributed by atoms with van der Waals surface area (Å²) in [6.07, 6.45) is 4.53. The summed E-state index contributed by atoms with van der Waals surface area (Å²) >= 11 is 2.51. The molecule has 2 aliphatic rings. The zero-order chi connectivity index (χ0) is 11.5. The molecule has 94 valence electrons. The van der Waals surface area contributed by atoms with Gasteiger partial charge in [0.05, 0.1) is 10.2 Å². The number of aliphatic hydroxyl groups is 1. The Bertz CT molecular complexity index is 209. The summed E-state index contributed by atoms with van der Waals surface area (Å²) in [6.45, 7) is 6.97. The van der Waals surface area contributed by atoms with E-state index in [4.69, 9.17) is 0 Å². The molecule has 2 fully saturated rings. The molecule has 0 spiro atoms. The highest BCUT2D eigenvalue weighted by atomic mass is 127. The lowest BCUT2D eigenvalue weighted by Crippen LogP contribution is -2.49. The normalized spacial score (nSPS) is 29.4. The van der Waals surface area contributed by atoms with Gasteiger partial charge in [-0.25, -0.2) is 0 Å². The largest absolute Gasteiger partial charge is 0.393 e. The highest BCUT2D eigenvalue weighted by molar-refractivity contribution is 14.1. The molecule has 0 aliphatic carbocycles. The molecule has 0 bridgehead atoms. The van der Waals surface area contributed by atoms with Crippen molar-refractivity contribution in [2.45, 2.75) is 48.8 Å². The van der Waals surface area contributed by atoms with E-state index in [0.29, 0.717) is 4.05 Å². The van der Waals surface area contributed by atoms with Crippen molar-refractivity contribution >= 4 is 22.6 Å². The quantitative estimate of drug-likeness (QED) is 0.472. The number of nitrogens with zero attached hydrogens (tertiary/aromatic N) is 2. The molecule has 2 aliphatic heterocycles. The Morgan fingerprint density at radius 1 is 1.06 bits per heavy atom. The van der Waals surface area contributed by atoms with E-state index in [1.807, 2.05) is 0 Å². The summed E-state index contributed by atoms with van der Waals surface area (Å²) < 4.78 is 0.668. The fourth-order valence-electron chi connectivity index (χ4n) is 2.86. The highest BCUT2D eigenvalue weighted by Crippen LogP contribution is 2.23. The van der Waals surface area contributed by atoms with E-state index in [-0.39, 0.29) is 6.10 Å². The van der Waals surface area contributed by atoms with E-state index in [9.17, 15) is 5.11 Å². The second-order valence-electron chi connectivity index (χ2n) is 5.11. The summed E-state index contributed by atoms with van der Waals surface area (Å²) in [4.78, 5) is 5.16. The SMILES string of the molecule is CC(I)N1CCC(N2CCC(O)CC2)CC1. The van der Waals surface area contributed by atoms with Gasteiger partial charge < -0.3 is 10.0 Å². The number of piperidine rings is 2. The minimum Gasteiger partial charge on any atom is -0.393 e. The van der Waals surface area contributed by atoms with E-state index >= 15 is 0 Å². The Balaban J connectivity index is 1.76. The van der Waals surface area contributed by atoms with E-state index in [1.54, 1.807) is 0 Å². The molecule has 2 heterocycles.